The maximum Gasteiger partial charge on any atom is 0.135 e. The molecule has 0 aromatic rings. The number of ketones is 1. The van der Waals surface area contributed by atoms with E-state index in [1.54, 1.807) is 0 Å². The number of rotatable bonds is 10. The Labute approximate surface area is 107 Å². The van der Waals surface area contributed by atoms with Crippen molar-refractivity contribution >= 4 is 5.78 Å². The van der Waals surface area contributed by atoms with Crippen LogP contribution in [0.5, 0.6) is 0 Å². The fourth-order valence-corrected chi connectivity index (χ4v) is 2.78. The summed E-state index contributed by atoms with van der Waals surface area (Å²) in [5.41, 5.74) is 0. The van der Waals surface area contributed by atoms with Crippen molar-refractivity contribution in [1.29, 1.82) is 0 Å². The molecule has 0 amide bonds. The number of unbranched alkanes of at least 4 members (excludes halogenated alkanes) is 2. The quantitative estimate of drug-likeness (QED) is 0.490. The standard InChI is InChI=1S/C16H30O/c1-4-6-7-9-16(17)14(8-5-2)10-11-15-12-13(15)3/h13-15H,4-12H2,1-3H3. The molecule has 100 valence electrons. The fraction of sp³-hybridized carbons (Fsp3) is 0.938. The summed E-state index contributed by atoms with van der Waals surface area (Å²) in [6.07, 6.45) is 10.5. The van der Waals surface area contributed by atoms with Gasteiger partial charge in [0.1, 0.15) is 5.78 Å². The van der Waals surface area contributed by atoms with Gasteiger partial charge in [0.25, 0.3) is 0 Å². The molecule has 3 unspecified atom stereocenters. The number of hydrogen-bond acceptors (Lipinski definition) is 1. The number of carbonyl (C=O) groups is 1. The lowest BCUT2D eigenvalue weighted by molar-refractivity contribution is -0.123. The second-order valence-corrected chi connectivity index (χ2v) is 5.96. The van der Waals surface area contributed by atoms with Gasteiger partial charge in [-0.3, -0.25) is 4.79 Å². The van der Waals surface area contributed by atoms with Crippen LogP contribution >= 0.6 is 0 Å². The average Bonchev–Trinajstić information content (AvgIpc) is 3.01. The Morgan fingerprint density at radius 1 is 1.18 bits per heavy atom. The molecule has 0 N–H and O–H groups in total. The Kier molecular flexibility index (Phi) is 6.84. The monoisotopic (exact) mass is 238 g/mol. The maximum atomic E-state index is 12.1. The van der Waals surface area contributed by atoms with E-state index in [9.17, 15) is 4.79 Å². The highest BCUT2D eigenvalue weighted by atomic mass is 16.1. The predicted octanol–water partition coefficient (Wildman–Crippen LogP) is 4.99. The van der Waals surface area contributed by atoms with Gasteiger partial charge in [-0.15, -0.1) is 0 Å². The fourth-order valence-electron chi connectivity index (χ4n) is 2.78. The van der Waals surface area contributed by atoms with E-state index in [2.05, 4.69) is 20.8 Å². The smallest absolute Gasteiger partial charge is 0.135 e. The van der Waals surface area contributed by atoms with Crippen LogP contribution in [0.25, 0.3) is 0 Å². The molecule has 1 saturated carbocycles. The second-order valence-electron chi connectivity index (χ2n) is 5.96. The van der Waals surface area contributed by atoms with Crippen LogP contribution in [0.15, 0.2) is 0 Å². The summed E-state index contributed by atoms with van der Waals surface area (Å²) in [5, 5.41) is 0. The van der Waals surface area contributed by atoms with Crippen LogP contribution < -0.4 is 0 Å². The van der Waals surface area contributed by atoms with Gasteiger partial charge in [-0.2, -0.15) is 0 Å². The summed E-state index contributed by atoms with van der Waals surface area (Å²) in [6, 6.07) is 0. The van der Waals surface area contributed by atoms with Crippen LogP contribution in [-0.4, -0.2) is 5.78 Å². The first-order chi connectivity index (χ1) is 8.19. The Hall–Kier alpha value is -0.330. The van der Waals surface area contributed by atoms with Crippen LogP contribution in [-0.2, 0) is 4.79 Å². The minimum absolute atomic E-state index is 0.379. The third-order valence-electron chi connectivity index (χ3n) is 4.28. The van der Waals surface area contributed by atoms with Crippen molar-refractivity contribution in [1.82, 2.24) is 0 Å². The Bertz CT molecular complexity index is 222. The van der Waals surface area contributed by atoms with Gasteiger partial charge in [-0.25, -0.2) is 0 Å². The molecule has 0 aliphatic heterocycles. The molecule has 1 aliphatic carbocycles. The zero-order chi connectivity index (χ0) is 12.7. The molecule has 0 saturated heterocycles. The van der Waals surface area contributed by atoms with Gasteiger partial charge in [0, 0.05) is 12.3 Å². The summed E-state index contributed by atoms with van der Waals surface area (Å²) >= 11 is 0. The number of hydrogen-bond donors (Lipinski definition) is 0. The topological polar surface area (TPSA) is 17.1 Å². The van der Waals surface area contributed by atoms with Crippen LogP contribution in [0, 0.1) is 17.8 Å². The molecule has 1 aliphatic rings. The van der Waals surface area contributed by atoms with Crippen molar-refractivity contribution in [3.8, 4) is 0 Å². The highest BCUT2D eigenvalue weighted by Gasteiger charge is 2.32. The van der Waals surface area contributed by atoms with E-state index in [1.807, 2.05) is 0 Å². The van der Waals surface area contributed by atoms with Gasteiger partial charge in [-0.05, 0) is 43.9 Å². The van der Waals surface area contributed by atoms with E-state index < -0.39 is 0 Å². The number of Topliss-reactive ketones (excluding diaryl/α,β-unsaturated/α-hetero) is 1. The third-order valence-corrected chi connectivity index (χ3v) is 4.28. The molecule has 3 atom stereocenters. The van der Waals surface area contributed by atoms with Crippen LogP contribution in [0.2, 0.25) is 0 Å². The molecule has 1 nitrogen and oxygen atoms in total. The van der Waals surface area contributed by atoms with E-state index in [0.29, 0.717) is 11.7 Å². The molecule has 1 rings (SSSR count). The molecule has 17 heavy (non-hydrogen) atoms. The first-order valence-corrected chi connectivity index (χ1v) is 7.71. The maximum absolute atomic E-state index is 12.1. The van der Waals surface area contributed by atoms with Gasteiger partial charge in [0.2, 0.25) is 0 Å². The predicted molar refractivity (Wildman–Crippen MR) is 74.1 cm³/mol. The highest BCUT2D eigenvalue weighted by Crippen LogP contribution is 2.42. The highest BCUT2D eigenvalue weighted by molar-refractivity contribution is 5.80. The minimum atomic E-state index is 0.379. The van der Waals surface area contributed by atoms with Gasteiger partial charge in [-0.1, -0.05) is 40.0 Å². The molecule has 0 heterocycles. The zero-order valence-electron chi connectivity index (χ0n) is 12.0. The van der Waals surface area contributed by atoms with E-state index in [-0.39, 0.29) is 0 Å². The van der Waals surface area contributed by atoms with Crippen LogP contribution in [0.1, 0.15) is 78.6 Å². The minimum Gasteiger partial charge on any atom is -0.299 e. The third kappa shape index (κ3) is 5.70. The summed E-state index contributed by atoms with van der Waals surface area (Å²) in [7, 11) is 0. The lowest BCUT2D eigenvalue weighted by Crippen LogP contribution is -2.14. The van der Waals surface area contributed by atoms with E-state index in [0.717, 1.165) is 43.9 Å². The van der Waals surface area contributed by atoms with Crippen molar-refractivity contribution in [3.63, 3.8) is 0 Å². The first kappa shape index (κ1) is 14.7. The molecule has 1 fully saturated rings. The van der Waals surface area contributed by atoms with Crippen LogP contribution in [0.3, 0.4) is 0 Å². The molecule has 0 bridgehead atoms. The summed E-state index contributed by atoms with van der Waals surface area (Å²) in [5.74, 6) is 2.81. The summed E-state index contributed by atoms with van der Waals surface area (Å²) < 4.78 is 0. The lowest BCUT2D eigenvalue weighted by Gasteiger charge is -2.14. The zero-order valence-corrected chi connectivity index (χ0v) is 12.0. The van der Waals surface area contributed by atoms with Crippen molar-refractivity contribution in [3.05, 3.63) is 0 Å². The Morgan fingerprint density at radius 3 is 2.41 bits per heavy atom. The van der Waals surface area contributed by atoms with Gasteiger partial charge in [0.15, 0.2) is 0 Å². The van der Waals surface area contributed by atoms with E-state index in [1.165, 1.54) is 25.7 Å². The van der Waals surface area contributed by atoms with Crippen LogP contribution in [0.4, 0.5) is 0 Å². The lowest BCUT2D eigenvalue weighted by atomic mass is 9.89. The van der Waals surface area contributed by atoms with E-state index in [4.69, 9.17) is 0 Å². The van der Waals surface area contributed by atoms with Gasteiger partial charge < -0.3 is 0 Å². The van der Waals surface area contributed by atoms with Crippen molar-refractivity contribution < 1.29 is 4.79 Å². The van der Waals surface area contributed by atoms with Gasteiger partial charge in [0.05, 0.1) is 0 Å². The molecular weight excluding hydrogens is 208 g/mol. The van der Waals surface area contributed by atoms with Crippen molar-refractivity contribution in [2.24, 2.45) is 17.8 Å². The summed E-state index contributed by atoms with van der Waals surface area (Å²) in [4.78, 5) is 12.1. The van der Waals surface area contributed by atoms with Gasteiger partial charge >= 0.3 is 0 Å². The number of carbonyl (C=O) groups excluding carboxylic acids is 1. The molecule has 0 radical (unpaired) electrons. The molecule has 0 aromatic carbocycles. The molecule has 0 spiro atoms. The van der Waals surface area contributed by atoms with Crippen molar-refractivity contribution in [2.45, 2.75) is 78.6 Å². The molecule has 1 heteroatoms. The summed E-state index contributed by atoms with van der Waals surface area (Å²) in [6.45, 7) is 6.73. The van der Waals surface area contributed by atoms with Crippen molar-refractivity contribution in [2.75, 3.05) is 0 Å². The first-order valence-electron chi connectivity index (χ1n) is 7.71. The molecular formula is C16H30O. The SMILES string of the molecule is CCCCCC(=O)C(CCC)CCC1CC1C. The largest absolute Gasteiger partial charge is 0.299 e. The Morgan fingerprint density at radius 2 is 1.88 bits per heavy atom. The normalized spacial score (nSPS) is 24.6. The molecule has 0 aromatic heterocycles. The average molecular weight is 238 g/mol. The second kappa shape index (κ2) is 7.89. The Balaban J connectivity index is 2.22. The van der Waals surface area contributed by atoms with E-state index >= 15 is 0 Å².